The zero-order valence-electron chi connectivity index (χ0n) is 14.2. The maximum Gasteiger partial charge on any atom is 0.270 e. The van der Waals surface area contributed by atoms with Crippen LogP contribution in [0.15, 0.2) is 24.3 Å². The van der Waals surface area contributed by atoms with E-state index in [1.807, 2.05) is 23.1 Å². The molecule has 2 aromatic rings. The molecule has 1 aromatic carbocycles. The van der Waals surface area contributed by atoms with Gasteiger partial charge in [-0.05, 0) is 44.0 Å². The van der Waals surface area contributed by atoms with E-state index in [1.165, 1.54) is 0 Å². The predicted molar refractivity (Wildman–Crippen MR) is 94.4 cm³/mol. The van der Waals surface area contributed by atoms with Gasteiger partial charge in [-0.25, -0.2) is 0 Å². The molecule has 0 unspecified atom stereocenters. The summed E-state index contributed by atoms with van der Waals surface area (Å²) in [5, 5.41) is 4.54. The summed E-state index contributed by atoms with van der Waals surface area (Å²) in [6.07, 6.45) is 2.80. The van der Waals surface area contributed by atoms with Crippen LogP contribution in [0.4, 0.5) is 0 Å². The number of aromatic nitrogens is 1. The highest BCUT2D eigenvalue weighted by Gasteiger charge is 2.40. The molecule has 0 saturated carbocycles. The number of rotatable bonds is 2. The van der Waals surface area contributed by atoms with Gasteiger partial charge in [0, 0.05) is 17.4 Å². The second kappa shape index (κ2) is 6.22. The largest absolute Gasteiger partial charge is 0.371 e. The third kappa shape index (κ3) is 2.62. The van der Waals surface area contributed by atoms with Gasteiger partial charge >= 0.3 is 0 Å². The van der Waals surface area contributed by atoms with Crippen molar-refractivity contribution in [3.05, 3.63) is 35.5 Å². The number of ether oxygens (including phenoxy) is 1. The molecule has 0 radical (unpaired) electrons. The van der Waals surface area contributed by atoms with Crippen LogP contribution in [0.1, 0.15) is 35.8 Å². The van der Waals surface area contributed by atoms with E-state index in [-0.39, 0.29) is 11.5 Å². The van der Waals surface area contributed by atoms with E-state index in [9.17, 15) is 4.79 Å². The molecule has 2 fully saturated rings. The Morgan fingerprint density at radius 3 is 2.88 bits per heavy atom. The second-order valence-electron chi connectivity index (χ2n) is 6.89. The number of hydrogen-bond donors (Lipinski definition) is 2. The van der Waals surface area contributed by atoms with E-state index in [2.05, 4.69) is 23.3 Å². The van der Waals surface area contributed by atoms with Crippen molar-refractivity contribution in [2.75, 3.05) is 32.8 Å². The summed E-state index contributed by atoms with van der Waals surface area (Å²) in [7, 11) is 0. The maximum atomic E-state index is 13.2. The molecule has 4 rings (SSSR count). The minimum atomic E-state index is -0.155. The molecular weight excluding hydrogens is 302 g/mol. The number of morpholine rings is 1. The van der Waals surface area contributed by atoms with Crippen LogP contribution in [-0.4, -0.2) is 54.2 Å². The molecule has 1 amide bonds. The fourth-order valence-electron chi connectivity index (χ4n) is 4.11. The summed E-state index contributed by atoms with van der Waals surface area (Å²) in [6, 6.07) is 8.17. The first-order valence-corrected chi connectivity index (χ1v) is 8.96. The molecule has 24 heavy (non-hydrogen) atoms. The van der Waals surface area contributed by atoms with Crippen molar-refractivity contribution in [3.8, 4) is 0 Å². The van der Waals surface area contributed by atoms with Gasteiger partial charge in [0.25, 0.3) is 5.91 Å². The Labute approximate surface area is 142 Å². The molecule has 0 bridgehead atoms. The van der Waals surface area contributed by atoms with E-state index < -0.39 is 0 Å². The van der Waals surface area contributed by atoms with Crippen molar-refractivity contribution in [3.63, 3.8) is 0 Å². The number of H-pyrrole nitrogens is 1. The van der Waals surface area contributed by atoms with Gasteiger partial charge in [0.1, 0.15) is 5.69 Å². The molecule has 128 valence electrons. The number of fused-ring (bicyclic) bond motifs is 1. The Balaban J connectivity index is 1.63. The predicted octanol–water partition coefficient (Wildman–Crippen LogP) is 2.32. The zero-order valence-corrected chi connectivity index (χ0v) is 14.2. The van der Waals surface area contributed by atoms with Crippen LogP contribution < -0.4 is 5.32 Å². The molecule has 2 aliphatic heterocycles. The first-order valence-electron chi connectivity index (χ1n) is 8.96. The fourth-order valence-corrected chi connectivity index (χ4v) is 4.11. The van der Waals surface area contributed by atoms with Crippen LogP contribution in [0.25, 0.3) is 10.9 Å². The Bertz CT molecular complexity index is 741. The molecule has 3 heterocycles. The lowest BCUT2D eigenvalue weighted by Gasteiger charge is -2.45. The highest BCUT2D eigenvalue weighted by molar-refractivity contribution is 6.01. The Hall–Kier alpha value is -1.85. The Kier molecular flexibility index (Phi) is 4.06. The number of piperidine rings is 1. The molecule has 1 spiro atoms. The Morgan fingerprint density at radius 2 is 2.08 bits per heavy atom. The van der Waals surface area contributed by atoms with Crippen molar-refractivity contribution in [1.82, 2.24) is 15.2 Å². The number of para-hydroxylation sites is 1. The normalized spacial score (nSPS) is 20.6. The van der Waals surface area contributed by atoms with Crippen molar-refractivity contribution >= 4 is 16.8 Å². The van der Waals surface area contributed by atoms with Gasteiger partial charge in [0.2, 0.25) is 0 Å². The topological polar surface area (TPSA) is 57.4 Å². The number of nitrogens with zero attached hydrogens (tertiary/aromatic N) is 1. The van der Waals surface area contributed by atoms with E-state index in [0.717, 1.165) is 54.5 Å². The average Bonchev–Trinajstić information content (AvgIpc) is 3.00. The molecule has 2 saturated heterocycles. The van der Waals surface area contributed by atoms with Gasteiger partial charge in [0.05, 0.1) is 18.8 Å². The number of benzene rings is 1. The van der Waals surface area contributed by atoms with Crippen LogP contribution in [0.5, 0.6) is 0 Å². The summed E-state index contributed by atoms with van der Waals surface area (Å²) in [5.74, 6) is 0.115. The van der Waals surface area contributed by atoms with Crippen molar-refractivity contribution in [2.24, 2.45) is 0 Å². The van der Waals surface area contributed by atoms with Crippen LogP contribution in [0.2, 0.25) is 0 Å². The van der Waals surface area contributed by atoms with E-state index >= 15 is 0 Å². The van der Waals surface area contributed by atoms with Gasteiger partial charge in [-0.3, -0.25) is 4.79 Å². The average molecular weight is 327 g/mol. The van der Waals surface area contributed by atoms with Gasteiger partial charge in [-0.1, -0.05) is 25.1 Å². The van der Waals surface area contributed by atoms with Crippen molar-refractivity contribution < 1.29 is 9.53 Å². The molecule has 1 aromatic heterocycles. The molecule has 2 N–H and O–H groups in total. The third-order valence-corrected chi connectivity index (χ3v) is 5.43. The zero-order chi connectivity index (χ0) is 16.6. The second-order valence-corrected chi connectivity index (χ2v) is 6.89. The maximum absolute atomic E-state index is 13.2. The first kappa shape index (κ1) is 15.7. The summed E-state index contributed by atoms with van der Waals surface area (Å²) in [6.45, 7) is 6.05. The molecule has 5 nitrogen and oxygen atoms in total. The lowest BCUT2D eigenvalue weighted by atomic mass is 9.90. The number of carbonyl (C=O) groups excluding carboxylic acids is 1. The van der Waals surface area contributed by atoms with Gasteiger partial charge in [0.15, 0.2) is 0 Å². The van der Waals surface area contributed by atoms with E-state index in [1.54, 1.807) is 0 Å². The van der Waals surface area contributed by atoms with Crippen molar-refractivity contribution in [2.45, 2.75) is 31.8 Å². The number of aromatic amines is 1. The van der Waals surface area contributed by atoms with Gasteiger partial charge in [-0.15, -0.1) is 0 Å². The molecular formula is C19H25N3O2. The monoisotopic (exact) mass is 327 g/mol. The first-order chi connectivity index (χ1) is 11.7. The summed E-state index contributed by atoms with van der Waals surface area (Å²) < 4.78 is 6.09. The summed E-state index contributed by atoms with van der Waals surface area (Å²) in [5.41, 5.74) is 2.77. The number of aryl methyl sites for hydroxylation is 1. The van der Waals surface area contributed by atoms with Crippen LogP contribution in [-0.2, 0) is 11.2 Å². The minimum Gasteiger partial charge on any atom is -0.371 e. The minimum absolute atomic E-state index is 0.115. The molecule has 0 atom stereocenters. The SMILES string of the molecule is CCc1c(C(=O)N2CCOC3(CCNCC3)C2)[nH]c2ccccc12. The summed E-state index contributed by atoms with van der Waals surface area (Å²) >= 11 is 0. The fraction of sp³-hybridized carbons (Fsp3) is 0.526. The highest BCUT2D eigenvalue weighted by Crippen LogP contribution is 2.30. The molecule has 5 heteroatoms. The number of hydrogen-bond acceptors (Lipinski definition) is 3. The van der Waals surface area contributed by atoms with E-state index in [0.29, 0.717) is 19.7 Å². The van der Waals surface area contributed by atoms with Crippen LogP contribution in [0.3, 0.4) is 0 Å². The van der Waals surface area contributed by atoms with Gasteiger partial charge in [-0.2, -0.15) is 0 Å². The Morgan fingerprint density at radius 1 is 1.29 bits per heavy atom. The summed E-state index contributed by atoms with van der Waals surface area (Å²) in [4.78, 5) is 18.5. The van der Waals surface area contributed by atoms with Crippen molar-refractivity contribution in [1.29, 1.82) is 0 Å². The lowest BCUT2D eigenvalue weighted by Crippen LogP contribution is -2.57. The lowest BCUT2D eigenvalue weighted by molar-refractivity contribution is -0.114. The number of carbonyl (C=O) groups is 1. The highest BCUT2D eigenvalue weighted by atomic mass is 16.5. The van der Waals surface area contributed by atoms with E-state index in [4.69, 9.17) is 4.74 Å². The quantitative estimate of drug-likeness (QED) is 0.890. The standard InChI is InChI=1S/C19H25N3O2/c1-2-14-15-5-3-4-6-16(15)21-17(14)18(23)22-11-12-24-19(13-22)7-9-20-10-8-19/h3-6,20-21H,2,7-13H2,1H3. The van der Waals surface area contributed by atoms with Gasteiger partial charge < -0.3 is 19.9 Å². The molecule has 0 aliphatic carbocycles. The smallest absolute Gasteiger partial charge is 0.270 e. The molecule has 2 aliphatic rings. The van der Waals surface area contributed by atoms with Crippen LogP contribution >= 0.6 is 0 Å². The van der Waals surface area contributed by atoms with Crippen LogP contribution in [0, 0.1) is 0 Å². The number of nitrogens with one attached hydrogen (secondary N) is 2. The number of amides is 1. The third-order valence-electron chi connectivity index (χ3n) is 5.43.